The summed E-state index contributed by atoms with van der Waals surface area (Å²) in [4.78, 5) is 11.3. The lowest BCUT2D eigenvalue weighted by Crippen LogP contribution is -2.24. The summed E-state index contributed by atoms with van der Waals surface area (Å²) in [5.41, 5.74) is 2.41. The van der Waals surface area contributed by atoms with Gasteiger partial charge in [0.15, 0.2) is 11.5 Å². The molecule has 152 valence electrons. The summed E-state index contributed by atoms with van der Waals surface area (Å²) >= 11 is 0. The lowest BCUT2D eigenvalue weighted by Gasteiger charge is -2.21. The molecule has 0 aliphatic carbocycles. The van der Waals surface area contributed by atoms with Crippen molar-refractivity contribution in [3.63, 3.8) is 0 Å². The zero-order chi connectivity index (χ0) is 20.5. The fraction of sp³-hybridized carbons (Fsp3) is 0.304. The Labute approximate surface area is 172 Å². The Balaban J connectivity index is 1.61. The van der Waals surface area contributed by atoms with Crippen molar-refractivity contribution < 1.29 is 9.47 Å². The molecule has 0 fully saturated rings. The highest BCUT2D eigenvalue weighted by atomic mass is 16.5. The lowest BCUT2D eigenvalue weighted by atomic mass is 10.1. The van der Waals surface area contributed by atoms with Crippen LogP contribution in [0, 0.1) is 0 Å². The third-order valence-corrected chi connectivity index (χ3v) is 4.69. The molecule has 0 radical (unpaired) electrons. The van der Waals surface area contributed by atoms with Crippen molar-refractivity contribution in [2.45, 2.75) is 19.9 Å². The first-order valence-corrected chi connectivity index (χ1v) is 9.80. The van der Waals surface area contributed by atoms with Gasteiger partial charge in [-0.3, -0.25) is 0 Å². The second kappa shape index (κ2) is 10.3. The predicted octanol–water partition coefficient (Wildman–Crippen LogP) is 4.17. The smallest absolute Gasteiger partial charge is 0.227 e. The van der Waals surface area contributed by atoms with Crippen LogP contribution in [0.1, 0.15) is 18.1 Å². The maximum Gasteiger partial charge on any atom is 0.227 e. The van der Waals surface area contributed by atoms with Crippen molar-refractivity contribution in [2.24, 2.45) is 0 Å². The first-order chi connectivity index (χ1) is 14.2. The van der Waals surface area contributed by atoms with E-state index in [4.69, 9.17) is 14.5 Å². The highest BCUT2D eigenvalue weighted by molar-refractivity contribution is 5.44. The van der Waals surface area contributed by atoms with Gasteiger partial charge in [-0.2, -0.15) is 4.98 Å². The summed E-state index contributed by atoms with van der Waals surface area (Å²) < 4.78 is 10.7. The number of nitrogens with one attached hydrogen (secondary N) is 1. The number of hydrogen-bond acceptors (Lipinski definition) is 6. The molecule has 1 N–H and O–H groups in total. The van der Waals surface area contributed by atoms with Crippen LogP contribution >= 0.6 is 0 Å². The topological polar surface area (TPSA) is 59.5 Å². The maximum absolute atomic E-state index is 5.37. The standard InChI is InChI=1S/C23H28N4O2/c1-4-27(17-19-8-6-5-7-9-19)23-25-15-13-22(26-23)24-14-12-18-10-11-20(28-2)21(16-18)29-3/h5-11,13,15-16H,4,12,14,17H2,1-3H3,(H,24,25,26). The second-order valence-corrected chi connectivity index (χ2v) is 6.61. The molecule has 3 aromatic rings. The van der Waals surface area contributed by atoms with E-state index in [1.165, 1.54) is 11.1 Å². The Bertz CT molecular complexity index is 902. The molecule has 1 heterocycles. The van der Waals surface area contributed by atoms with Crippen molar-refractivity contribution in [2.75, 3.05) is 37.5 Å². The number of methoxy groups -OCH3 is 2. The van der Waals surface area contributed by atoms with Crippen LogP contribution in [0.25, 0.3) is 0 Å². The van der Waals surface area contributed by atoms with Crippen molar-refractivity contribution in [1.82, 2.24) is 9.97 Å². The third kappa shape index (κ3) is 5.60. The third-order valence-electron chi connectivity index (χ3n) is 4.69. The molecule has 29 heavy (non-hydrogen) atoms. The highest BCUT2D eigenvalue weighted by Gasteiger charge is 2.09. The van der Waals surface area contributed by atoms with E-state index in [1.807, 2.05) is 30.3 Å². The lowest BCUT2D eigenvalue weighted by molar-refractivity contribution is 0.354. The normalized spacial score (nSPS) is 10.4. The van der Waals surface area contributed by atoms with E-state index >= 15 is 0 Å². The van der Waals surface area contributed by atoms with E-state index in [-0.39, 0.29) is 0 Å². The van der Waals surface area contributed by atoms with Gasteiger partial charge in [-0.15, -0.1) is 0 Å². The van der Waals surface area contributed by atoms with Gasteiger partial charge in [0.1, 0.15) is 5.82 Å². The van der Waals surface area contributed by atoms with Crippen molar-refractivity contribution >= 4 is 11.8 Å². The number of benzene rings is 2. The fourth-order valence-electron chi connectivity index (χ4n) is 3.10. The molecular formula is C23H28N4O2. The zero-order valence-electron chi connectivity index (χ0n) is 17.3. The van der Waals surface area contributed by atoms with Crippen LogP contribution in [0.5, 0.6) is 11.5 Å². The Kier molecular flexibility index (Phi) is 7.28. The molecule has 0 saturated carbocycles. The van der Waals surface area contributed by atoms with Gasteiger partial charge in [-0.05, 0) is 42.7 Å². The number of ether oxygens (including phenoxy) is 2. The van der Waals surface area contributed by atoms with Gasteiger partial charge in [0, 0.05) is 25.8 Å². The van der Waals surface area contributed by atoms with Crippen LogP contribution in [0.15, 0.2) is 60.8 Å². The average Bonchev–Trinajstić information content (AvgIpc) is 2.78. The van der Waals surface area contributed by atoms with Crippen LogP contribution in [-0.4, -0.2) is 37.3 Å². The minimum absolute atomic E-state index is 0.729. The number of hydrogen-bond donors (Lipinski definition) is 1. The Morgan fingerprint density at radius 1 is 0.931 bits per heavy atom. The Morgan fingerprint density at radius 2 is 1.72 bits per heavy atom. The van der Waals surface area contributed by atoms with Crippen molar-refractivity contribution in [3.05, 3.63) is 71.9 Å². The van der Waals surface area contributed by atoms with Gasteiger partial charge in [0.2, 0.25) is 5.95 Å². The number of anilines is 2. The van der Waals surface area contributed by atoms with E-state index in [1.54, 1.807) is 20.4 Å². The molecule has 3 rings (SSSR count). The summed E-state index contributed by atoms with van der Waals surface area (Å²) in [5.74, 6) is 3.03. The summed E-state index contributed by atoms with van der Waals surface area (Å²) in [6.07, 6.45) is 2.65. The molecule has 0 amide bonds. The van der Waals surface area contributed by atoms with E-state index in [9.17, 15) is 0 Å². The predicted molar refractivity (Wildman–Crippen MR) is 117 cm³/mol. The molecule has 0 aliphatic heterocycles. The summed E-state index contributed by atoms with van der Waals surface area (Å²) in [5, 5.41) is 3.39. The second-order valence-electron chi connectivity index (χ2n) is 6.61. The molecular weight excluding hydrogens is 364 g/mol. The van der Waals surface area contributed by atoms with Gasteiger partial charge in [0.25, 0.3) is 0 Å². The molecule has 0 atom stereocenters. The Morgan fingerprint density at radius 3 is 2.45 bits per heavy atom. The monoisotopic (exact) mass is 392 g/mol. The maximum atomic E-state index is 5.37. The molecule has 1 aromatic heterocycles. The minimum atomic E-state index is 0.729. The van der Waals surface area contributed by atoms with Crippen LogP contribution < -0.4 is 19.7 Å². The minimum Gasteiger partial charge on any atom is -0.493 e. The molecule has 6 nitrogen and oxygen atoms in total. The van der Waals surface area contributed by atoms with Crippen LogP contribution in [0.3, 0.4) is 0 Å². The van der Waals surface area contributed by atoms with Gasteiger partial charge in [0.05, 0.1) is 14.2 Å². The van der Waals surface area contributed by atoms with E-state index < -0.39 is 0 Å². The van der Waals surface area contributed by atoms with Crippen LogP contribution in [0.2, 0.25) is 0 Å². The molecule has 2 aromatic carbocycles. The summed E-state index contributed by atoms with van der Waals surface area (Å²) in [6, 6.07) is 18.2. The Hall–Kier alpha value is -3.28. The molecule has 0 bridgehead atoms. The molecule has 0 spiro atoms. The highest BCUT2D eigenvalue weighted by Crippen LogP contribution is 2.27. The number of nitrogens with zero attached hydrogens (tertiary/aromatic N) is 3. The number of aromatic nitrogens is 2. The molecule has 0 unspecified atom stereocenters. The molecule has 0 saturated heterocycles. The largest absolute Gasteiger partial charge is 0.493 e. The van der Waals surface area contributed by atoms with Gasteiger partial charge < -0.3 is 19.7 Å². The first kappa shape index (κ1) is 20.5. The summed E-state index contributed by atoms with van der Waals surface area (Å²) in [6.45, 7) is 4.50. The van der Waals surface area contributed by atoms with E-state index in [0.29, 0.717) is 0 Å². The van der Waals surface area contributed by atoms with Gasteiger partial charge >= 0.3 is 0 Å². The summed E-state index contributed by atoms with van der Waals surface area (Å²) in [7, 11) is 3.29. The van der Waals surface area contributed by atoms with Crippen LogP contribution in [0.4, 0.5) is 11.8 Å². The van der Waals surface area contributed by atoms with Crippen molar-refractivity contribution in [3.8, 4) is 11.5 Å². The van der Waals surface area contributed by atoms with Crippen LogP contribution in [-0.2, 0) is 13.0 Å². The van der Waals surface area contributed by atoms with E-state index in [0.717, 1.165) is 49.3 Å². The molecule has 0 aliphatic rings. The van der Waals surface area contributed by atoms with Crippen molar-refractivity contribution in [1.29, 1.82) is 0 Å². The SMILES string of the molecule is CCN(Cc1ccccc1)c1nccc(NCCc2ccc(OC)c(OC)c2)n1. The van der Waals surface area contributed by atoms with E-state index in [2.05, 4.69) is 46.4 Å². The van der Waals surface area contributed by atoms with Gasteiger partial charge in [-0.25, -0.2) is 4.98 Å². The zero-order valence-corrected chi connectivity index (χ0v) is 17.3. The van der Waals surface area contributed by atoms with Gasteiger partial charge in [-0.1, -0.05) is 36.4 Å². The number of rotatable bonds is 10. The first-order valence-electron chi connectivity index (χ1n) is 9.80. The molecule has 6 heteroatoms. The fourth-order valence-corrected chi connectivity index (χ4v) is 3.10. The quantitative estimate of drug-likeness (QED) is 0.559. The average molecular weight is 393 g/mol.